The van der Waals surface area contributed by atoms with Gasteiger partial charge in [-0.2, -0.15) is 9.57 Å². The molecule has 3 rings (SSSR count). The highest BCUT2D eigenvalue weighted by Crippen LogP contribution is 2.29. The van der Waals surface area contributed by atoms with Crippen LogP contribution in [0, 0.1) is 38.0 Å². The first-order valence-electron chi connectivity index (χ1n) is 9.61. The van der Waals surface area contributed by atoms with Gasteiger partial charge in [0.25, 0.3) is 0 Å². The fourth-order valence-electron chi connectivity index (χ4n) is 3.99. The first-order valence-corrected chi connectivity index (χ1v) is 11.1. The Morgan fingerprint density at radius 2 is 1.86 bits per heavy atom. The van der Waals surface area contributed by atoms with Gasteiger partial charge in [0.15, 0.2) is 0 Å². The molecule has 0 radical (unpaired) electrons. The number of carbonyl (C=O) groups excluding carboxylic acids is 1. The van der Waals surface area contributed by atoms with Crippen molar-refractivity contribution in [1.29, 1.82) is 5.26 Å². The summed E-state index contributed by atoms with van der Waals surface area (Å²) < 4.78 is 28.0. The first kappa shape index (κ1) is 21.0. The van der Waals surface area contributed by atoms with Crippen molar-refractivity contribution in [3.8, 4) is 6.07 Å². The lowest BCUT2D eigenvalue weighted by atomic mass is 9.98. The number of piperidine rings is 1. The summed E-state index contributed by atoms with van der Waals surface area (Å²) in [4.78, 5) is 13.1. The van der Waals surface area contributed by atoms with Crippen molar-refractivity contribution < 1.29 is 13.2 Å². The molecule has 152 valence electrons. The van der Waals surface area contributed by atoms with Gasteiger partial charge < -0.3 is 5.32 Å². The van der Waals surface area contributed by atoms with E-state index in [-0.39, 0.29) is 12.5 Å². The topological polar surface area (TPSA) is 90.3 Å². The zero-order valence-electron chi connectivity index (χ0n) is 16.9. The Labute approximate surface area is 172 Å². The molecule has 6 nitrogen and oxygen atoms in total. The smallest absolute Gasteiger partial charge is 0.243 e. The van der Waals surface area contributed by atoms with Crippen LogP contribution in [0.15, 0.2) is 41.3 Å². The number of aryl methyl sites for hydroxylation is 3. The number of nitrogens with one attached hydrogen (secondary N) is 1. The SMILES string of the molecule is Cc1cc(C)c(S(=O)(=O)N2CCC[C@H](C(=O)Nc3cccc(C#N)c3)C2)c(C)c1. The molecule has 0 saturated carbocycles. The van der Waals surface area contributed by atoms with E-state index in [1.165, 1.54) is 4.31 Å². The van der Waals surface area contributed by atoms with E-state index >= 15 is 0 Å². The number of nitriles is 1. The van der Waals surface area contributed by atoms with Gasteiger partial charge in [-0.1, -0.05) is 23.8 Å². The second-order valence-electron chi connectivity index (χ2n) is 7.61. The van der Waals surface area contributed by atoms with Gasteiger partial charge in [-0.05, 0) is 62.9 Å². The maximum Gasteiger partial charge on any atom is 0.243 e. The lowest BCUT2D eigenvalue weighted by Gasteiger charge is -2.32. The molecule has 1 amide bonds. The van der Waals surface area contributed by atoms with Gasteiger partial charge in [0.2, 0.25) is 15.9 Å². The van der Waals surface area contributed by atoms with Crippen molar-refractivity contribution in [1.82, 2.24) is 4.31 Å². The van der Waals surface area contributed by atoms with Crippen LogP contribution >= 0.6 is 0 Å². The van der Waals surface area contributed by atoms with Gasteiger partial charge in [0.1, 0.15) is 0 Å². The maximum absolute atomic E-state index is 13.3. The van der Waals surface area contributed by atoms with Crippen molar-refractivity contribution in [3.63, 3.8) is 0 Å². The Hall–Kier alpha value is -2.69. The van der Waals surface area contributed by atoms with Crippen molar-refractivity contribution in [3.05, 3.63) is 58.7 Å². The Kier molecular flexibility index (Phi) is 6.06. The minimum absolute atomic E-state index is 0.152. The van der Waals surface area contributed by atoms with Gasteiger partial charge >= 0.3 is 0 Å². The predicted molar refractivity (Wildman–Crippen MR) is 112 cm³/mol. The van der Waals surface area contributed by atoms with Crippen LogP contribution < -0.4 is 5.32 Å². The summed E-state index contributed by atoms with van der Waals surface area (Å²) in [5, 5.41) is 11.8. The molecular formula is C22H25N3O3S. The van der Waals surface area contributed by atoms with Gasteiger partial charge in [-0.25, -0.2) is 8.42 Å². The van der Waals surface area contributed by atoms with Crippen molar-refractivity contribution >= 4 is 21.6 Å². The summed E-state index contributed by atoms with van der Waals surface area (Å²) in [6, 6.07) is 12.5. The third-order valence-corrected chi connectivity index (χ3v) is 7.39. The highest BCUT2D eigenvalue weighted by atomic mass is 32.2. The summed E-state index contributed by atoms with van der Waals surface area (Å²) >= 11 is 0. The lowest BCUT2D eigenvalue weighted by molar-refractivity contribution is -0.120. The van der Waals surface area contributed by atoms with E-state index < -0.39 is 15.9 Å². The van der Waals surface area contributed by atoms with E-state index in [1.807, 2.05) is 39.0 Å². The molecule has 1 atom stereocenters. The average molecular weight is 412 g/mol. The zero-order chi connectivity index (χ0) is 21.2. The predicted octanol–water partition coefficient (Wildman–Crippen LogP) is 3.52. The van der Waals surface area contributed by atoms with Gasteiger partial charge in [-0.3, -0.25) is 4.79 Å². The van der Waals surface area contributed by atoms with E-state index in [4.69, 9.17) is 5.26 Å². The van der Waals surface area contributed by atoms with Crippen LogP contribution in [-0.4, -0.2) is 31.7 Å². The molecule has 0 spiro atoms. The number of rotatable bonds is 4. The van der Waals surface area contributed by atoms with Crippen LogP contribution in [0.2, 0.25) is 0 Å². The highest BCUT2D eigenvalue weighted by Gasteiger charge is 2.34. The van der Waals surface area contributed by atoms with E-state index in [9.17, 15) is 13.2 Å². The van der Waals surface area contributed by atoms with Crippen LogP contribution in [0.1, 0.15) is 35.1 Å². The van der Waals surface area contributed by atoms with E-state index in [2.05, 4.69) is 5.32 Å². The van der Waals surface area contributed by atoms with E-state index in [0.717, 1.165) is 16.7 Å². The third kappa shape index (κ3) is 4.50. The summed E-state index contributed by atoms with van der Waals surface area (Å²) in [5.74, 6) is -0.660. The van der Waals surface area contributed by atoms with Gasteiger partial charge in [-0.15, -0.1) is 0 Å². The number of anilines is 1. The molecule has 1 fully saturated rings. The Morgan fingerprint density at radius 1 is 1.17 bits per heavy atom. The molecule has 0 aliphatic carbocycles. The lowest BCUT2D eigenvalue weighted by Crippen LogP contribution is -2.44. The van der Waals surface area contributed by atoms with Crippen molar-refractivity contribution in [2.75, 3.05) is 18.4 Å². The Balaban J connectivity index is 1.80. The molecule has 7 heteroatoms. The second kappa shape index (κ2) is 8.36. The van der Waals surface area contributed by atoms with Crippen LogP contribution in [0.4, 0.5) is 5.69 Å². The van der Waals surface area contributed by atoms with Crippen LogP contribution in [0.25, 0.3) is 0 Å². The normalized spacial score (nSPS) is 17.5. The van der Waals surface area contributed by atoms with Crippen molar-refractivity contribution in [2.45, 2.75) is 38.5 Å². The fraction of sp³-hybridized carbons (Fsp3) is 0.364. The summed E-state index contributed by atoms with van der Waals surface area (Å²) in [6.45, 7) is 6.12. The number of hydrogen-bond acceptors (Lipinski definition) is 4. The molecule has 1 saturated heterocycles. The molecule has 0 bridgehead atoms. The molecule has 1 heterocycles. The monoisotopic (exact) mass is 411 g/mol. The molecule has 2 aromatic rings. The highest BCUT2D eigenvalue weighted by molar-refractivity contribution is 7.89. The fourth-order valence-corrected chi connectivity index (χ4v) is 5.92. The third-order valence-electron chi connectivity index (χ3n) is 5.22. The number of amides is 1. The Morgan fingerprint density at radius 3 is 2.52 bits per heavy atom. The van der Waals surface area contributed by atoms with Gasteiger partial charge in [0, 0.05) is 18.8 Å². The largest absolute Gasteiger partial charge is 0.326 e. The molecule has 0 unspecified atom stereocenters. The minimum Gasteiger partial charge on any atom is -0.326 e. The summed E-state index contributed by atoms with van der Waals surface area (Å²) in [6.07, 6.45) is 1.25. The standard InChI is InChI=1S/C22H25N3O3S/c1-15-10-16(2)21(17(3)11-15)29(27,28)25-9-5-7-19(14-25)22(26)24-20-8-4-6-18(12-20)13-23/h4,6,8,10-12,19H,5,7,9,14H2,1-3H3,(H,24,26)/t19-/m0/s1. The van der Waals surface area contributed by atoms with Crippen LogP contribution in [0.3, 0.4) is 0 Å². The van der Waals surface area contributed by atoms with Crippen LogP contribution in [-0.2, 0) is 14.8 Å². The zero-order valence-corrected chi connectivity index (χ0v) is 17.7. The molecule has 2 aromatic carbocycles. The van der Waals surface area contributed by atoms with Gasteiger partial charge in [0.05, 0.1) is 22.4 Å². The van der Waals surface area contributed by atoms with Crippen LogP contribution in [0.5, 0.6) is 0 Å². The average Bonchev–Trinajstić information content (AvgIpc) is 2.67. The number of hydrogen-bond donors (Lipinski definition) is 1. The molecule has 1 aliphatic heterocycles. The molecule has 0 aromatic heterocycles. The summed E-state index contributed by atoms with van der Waals surface area (Å²) in [7, 11) is -3.68. The molecule has 29 heavy (non-hydrogen) atoms. The Bertz CT molecular complexity index is 1060. The van der Waals surface area contributed by atoms with E-state index in [1.54, 1.807) is 24.3 Å². The number of nitrogens with zero attached hydrogens (tertiary/aromatic N) is 2. The number of carbonyl (C=O) groups is 1. The molecule has 1 N–H and O–H groups in total. The first-order chi connectivity index (χ1) is 13.7. The molecular weight excluding hydrogens is 386 g/mol. The quantitative estimate of drug-likeness (QED) is 0.833. The summed E-state index contributed by atoms with van der Waals surface area (Å²) in [5.41, 5.74) is 3.47. The number of benzene rings is 2. The van der Waals surface area contributed by atoms with Crippen molar-refractivity contribution in [2.24, 2.45) is 5.92 Å². The maximum atomic E-state index is 13.3. The molecule has 1 aliphatic rings. The number of sulfonamides is 1. The van der Waals surface area contributed by atoms with E-state index in [0.29, 0.717) is 35.5 Å². The minimum atomic E-state index is -3.68. The second-order valence-corrected chi connectivity index (χ2v) is 9.49.